The second-order valence-corrected chi connectivity index (χ2v) is 7.87. The molecule has 0 saturated heterocycles. The quantitative estimate of drug-likeness (QED) is 0.356. The molecule has 0 radical (unpaired) electrons. The molecule has 3 nitrogen and oxygen atoms in total. The van der Waals surface area contributed by atoms with E-state index in [1.807, 2.05) is 92.7 Å². The van der Waals surface area contributed by atoms with E-state index in [1.54, 1.807) is 0 Å². The highest BCUT2D eigenvalue weighted by Crippen LogP contribution is 2.30. The van der Waals surface area contributed by atoms with Gasteiger partial charge in [0.25, 0.3) is 5.91 Å². The highest BCUT2D eigenvalue weighted by molar-refractivity contribution is 6.16. The third-order valence-corrected chi connectivity index (χ3v) is 5.65. The van der Waals surface area contributed by atoms with Gasteiger partial charge in [-0.15, -0.1) is 0 Å². The lowest BCUT2D eigenvalue weighted by Crippen LogP contribution is -2.14. The summed E-state index contributed by atoms with van der Waals surface area (Å²) in [6.07, 6.45) is 0. The van der Waals surface area contributed by atoms with E-state index in [-0.39, 0.29) is 5.91 Å². The number of fused-ring (bicyclic) bond motifs is 2. The molecule has 0 bridgehead atoms. The molecule has 3 heteroatoms. The minimum absolute atomic E-state index is 0.130. The van der Waals surface area contributed by atoms with Gasteiger partial charge in [-0.25, -0.2) is 4.98 Å². The largest absolute Gasteiger partial charge is 0.321 e. The number of pyridine rings is 1. The third kappa shape index (κ3) is 3.55. The maximum atomic E-state index is 13.6. The fraction of sp³-hybridized carbons (Fsp3) is 0.0714. The van der Waals surface area contributed by atoms with E-state index >= 15 is 0 Å². The molecule has 5 aromatic rings. The van der Waals surface area contributed by atoms with Crippen molar-refractivity contribution in [1.29, 1.82) is 0 Å². The van der Waals surface area contributed by atoms with Crippen LogP contribution in [0, 0.1) is 13.8 Å². The molecule has 5 rings (SSSR count). The van der Waals surface area contributed by atoms with Gasteiger partial charge in [0.1, 0.15) is 0 Å². The summed E-state index contributed by atoms with van der Waals surface area (Å²) in [6, 6.07) is 30.1. The molecule has 0 unspecified atom stereocenters. The lowest BCUT2D eigenvalue weighted by atomic mass is 10.0. The molecule has 31 heavy (non-hydrogen) atoms. The lowest BCUT2D eigenvalue weighted by molar-refractivity contribution is 0.102. The number of amides is 1. The SMILES string of the molecule is Cc1ccc2nc(-c3ccccc3)cc(C(=O)Nc3c(C)ccc4ccccc34)c2c1. The Morgan fingerprint density at radius 2 is 1.55 bits per heavy atom. The topological polar surface area (TPSA) is 42.0 Å². The van der Waals surface area contributed by atoms with Crippen molar-refractivity contribution in [1.82, 2.24) is 4.98 Å². The van der Waals surface area contributed by atoms with E-state index in [9.17, 15) is 4.79 Å². The average molecular weight is 402 g/mol. The number of aromatic nitrogens is 1. The van der Waals surface area contributed by atoms with Gasteiger partial charge in [-0.3, -0.25) is 4.79 Å². The Morgan fingerprint density at radius 3 is 2.39 bits per heavy atom. The van der Waals surface area contributed by atoms with Crippen molar-refractivity contribution >= 4 is 33.3 Å². The number of aryl methyl sites for hydroxylation is 2. The molecule has 0 saturated carbocycles. The van der Waals surface area contributed by atoms with Crippen LogP contribution in [0.15, 0.2) is 91.0 Å². The molecule has 0 aliphatic heterocycles. The molecule has 0 atom stereocenters. The van der Waals surface area contributed by atoms with Gasteiger partial charge in [0, 0.05) is 16.3 Å². The molecule has 1 amide bonds. The van der Waals surface area contributed by atoms with Gasteiger partial charge in [-0.1, -0.05) is 78.4 Å². The smallest absolute Gasteiger partial charge is 0.256 e. The van der Waals surface area contributed by atoms with E-state index in [4.69, 9.17) is 4.98 Å². The Balaban J connectivity index is 1.67. The van der Waals surface area contributed by atoms with Crippen molar-refractivity contribution in [2.45, 2.75) is 13.8 Å². The van der Waals surface area contributed by atoms with Gasteiger partial charge < -0.3 is 5.32 Å². The van der Waals surface area contributed by atoms with Gasteiger partial charge in [0.05, 0.1) is 22.5 Å². The number of benzene rings is 4. The van der Waals surface area contributed by atoms with Crippen LogP contribution in [0.4, 0.5) is 5.69 Å². The summed E-state index contributed by atoms with van der Waals surface area (Å²) >= 11 is 0. The van der Waals surface area contributed by atoms with E-state index in [0.717, 1.165) is 49.7 Å². The Bertz CT molecular complexity index is 1440. The molecule has 150 valence electrons. The normalized spacial score (nSPS) is 11.0. The van der Waals surface area contributed by atoms with Crippen LogP contribution in [0.5, 0.6) is 0 Å². The molecular weight excluding hydrogens is 380 g/mol. The number of rotatable bonds is 3. The molecule has 0 fully saturated rings. The minimum atomic E-state index is -0.130. The van der Waals surface area contributed by atoms with Gasteiger partial charge in [-0.2, -0.15) is 0 Å². The van der Waals surface area contributed by atoms with Gasteiger partial charge in [-0.05, 0) is 43.0 Å². The molecule has 1 aromatic heterocycles. The summed E-state index contributed by atoms with van der Waals surface area (Å²) in [4.78, 5) is 18.4. The first-order chi connectivity index (χ1) is 15.1. The summed E-state index contributed by atoms with van der Waals surface area (Å²) in [5, 5.41) is 6.19. The number of anilines is 1. The third-order valence-electron chi connectivity index (χ3n) is 5.65. The molecular formula is C28H22N2O. The fourth-order valence-electron chi connectivity index (χ4n) is 4.01. The van der Waals surface area contributed by atoms with E-state index in [2.05, 4.69) is 17.4 Å². The summed E-state index contributed by atoms with van der Waals surface area (Å²) in [7, 11) is 0. The summed E-state index contributed by atoms with van der Waals surface area (Å²) in [5.41, 5.74) is 6.19. The van der Waals surface area contributed by atoms with Crippen LogP contribution < -0.4 is 5.32 Å². The molecule has 4 aromatic carbocycles. The highest BCUT2D eigenvalue weighted by atomic mass is 16.1. The lowest BCUT2D eigenvalue weighted by Gasteiger charge is -2.14. The zero-order valence-electron chi connectivity index (χ0n) is 17.5. The van der Waals surface area contributed by atoms with Crippen LogP contribution in [-0.4, -0.2) is 10.9 Å². The van der Waals surface area contributed by atoms with Crippen molar-refractivity contribution in [3.63, 3.8) is 0 Å². The first-order valence-corrected chi connectivity index (χ1v) is 10.4. The fourth-order valence-corrected chi connectivity index (χ4v) is 4.01. The molecule has 0 spiro atoms. The highest BCUT2D eigenvalue weighted by Gasteiger charge is 2.16. The van der Waals surface area contributed by atoms with Crippen LogP contribution in [0.2, 0.25) is 0 Å². The predicted octanol–water partition coefficient (Wildman–Crippen LogP) is 6.92. The van der Waals surface area contributed by atoms with Crippen LogP contribution in [0.1, 0.15) is 21.5 Å². The molecule has 0 aliphatic carbocycles. The summed E-state index contributed by atoms with van der Waals surface area (Å²) in [6.45, 7) is 4.05. The first kappa shape index (κ1) is 19.0. The summed E-state index contributed by atoms with van der Waals surface area (Å²) < 4.78 is 0. The first-order valence-electron chi connectivity index (χ1n) is 10.4. The molecule has 1 N–H and O–H groups in total. The number of nitrogens with one attached hydrogen (secondary N) is 1. The molecule has 0 aliphatic rings. The van der Waals surface area contributed by atoms with E-state index < -0.39 is 0 Å². The van der Waals surface area contributed by atoms with E-state index in [0.29, 0.717) is 5.56 Å². The second kappa shape index (κ2) is 7.69. The predicted molar refractivity (Wildman–Crippen MR) is 129 cm³/mol. The number of carbonyl (C=O) groups is 1. The van der Waals surface area contributed by atoms with Gasteiger partial charge in [0.2, 0.25) is 0 Å². The van der Waals surface area contributed by atoms with Gasteiger partial charge in [0.15, 0.2) is 0 Å². The van der Waals surface area contributed by atoms with Crippen molar-refractivity contribution in [3.8, 4) is 11.3 Å². The standard InChI is InChI=1S/C28H22N2O/c1-18-12-15-25-23(16-18)24(17-26(29-25)21-9-4-3-5-10-21)28(31)30-27-19(2)13-14-20-8-6-7-11-22(20)27/h3-17H,1-2H3,(H,30,31). The van der Waals surface area contributed by atoms with Crippen molar-refractivity contribution in [2.24, 2.45) is 0 Å². The number of hydrogen-bond donors (Lipinski definition) is 1. The average Bonchev–Trinajstić information content (AvgIpc) is 2.80. The number of nitrogens with zero attached hydrogens (tertiary/aromatic N) is 1. The van der Waals surface area contributed by atoms with Crippen molar-refractivity contribution in [2.75, 3.05) is 5.32 Å². The van der Waals surface area contributed by atoms with Gasteiger partial charge >= 0.3 is 0 Å². The van der Waals surface area contributed by atoms with Crippen molar-refractivity contribution in [3.05, 3.63) is 108 Å². The summed E-state index contributed by atoms with van der Waals surface area (Å²) in [5.74, 6) is -0.130. The van der Waals surface area contributed by atoms with Crippen LogP contribution in [0.25, 0.3) is 32.9 Å². The Kier molecular flexibility index (Phi) is 4.72. The van der Waals surface area contributed by atoms with E-state index in [1.165, 1.54) is 0 Å². The van der Waals surface area contributed by atoms with Crippen LogP contribution in [-0.2, 0) is 0 Å². The van der Waals surface area contributed by atoms with Crippen LogP contribution >= 0.6 is 0 Å². The number of hydrogen-bond acceptors (Lipinski definition) is 2. The Morgan fingerprint density at radius 1 is 0.774 bits per heavy atom. The molecule has 1 heterocycles. The maximum Gasteiger partial charge on any atom is 0.256 e. The Labute approximate surface area is 181 Å². The second-order valence-electron chi connectivity index (χ2n) is 7.87. The van der Waals surface area contributed by atoms with Crippen LogP contribution in [0.3, 0.4) is 0 Å². The zero-order valence-corrected chi connectivity index (χ0v) is 17.5. The number of carbonyl (C=O) groups excluding carboxylic acids is 1. The minimum Gasteiger partial charge on any atom is -0.321 e. The monoisotopic (exact) mass is 402 g/mol. The Hall–Kier alpha value is -3.98. The van der Waals surface area contributed by atoms with Crippen molar-refractivity contribution < 1.29 is 4.79 Å². The maximum absolute atomic E-state index is 13.6. The zero-order chi connectivity index (χ0) is 21.4.